The predicted octanol–water partition coefficient (Wildman–Crippen LogP) is 7.01. The third-order valence-corrected chi connectivity index (χ3v) is 9.37. The van der Waals surface area contributed by atoms with Crippen molar-refractivity contribution in [2.24, 2.45) is 0 Å². The largest absolute Gasteiger partial charge is 0.352 e. The Kier molecular flexibility index (Phi) is 11.3. The Morgan fingerprint density at radius 1 is 0.795 bits per heavy atom. The number of anilines is 1. The molecular formula is C33H32Cl3N3O4S. The summed E-state index contributed by atoms with van der Waals surface area (Å²) in [6.07, 6.45) is 0.180. The van der Waals surface area contributed by atoms with Gasteiger partial charge >= 0.3 is 0 Å². The van der Waals surface area contributed by atoms with Gasteiger partial charge in [-0.15, -0.1) is 0 Å². The van der Waals surface area contributed by atoms with E-state index in [1.807, 2.05) is 44.2 Å². The summed E-state index contributed by atoms with van der Waals surface area (Å²) in [6.45, 7) is 2.97. The minimum Gasteiger partial charge on any atom is -0.352 e. The van der Waals surface area contributed by atoms with Crippen LogP contribution in [0.15, 0.2) is 108 Å². The van der Waals surface area contributed by atoms with Gasteiger partial charge in [-0.1, -0.05) is 95.5 Å². The molecule has 11 heteroatoms. The van der Waals surface area contributed by atoms with Crippen LogP contribution in [0.5, 0.6) is 0 Å². The summed E-state index contributed by atoms with van der Waals surface area (Å²) in [5, 5.41) is 3.94. The molecule has 0 aromatic heterocycles. The zero-order valence-corrected chi connectivity index (χ0v) is 27.2. The molecule has 0 aliphatic carbocycles. The van der Waals surface area contributed by atoms with Crippen molar-refractivity contribution in [1.82, 2.24) is 10.2 Å². The normalized spacial score (nSPS) is 12.0. The molecule has 0 bridgehead atoms. The quantitative estimate of drug-likeness (QED) is 0.176. The smallest absolute Gasteiger partial charge is 0.264 e. The van der Waals surface area contributed by atoms with E-state index in [-0.39, 0.29) is 35.5 Å². The number of nitrogens with one attached hydrogen (secondary N) is 1. The maximum atomic E-state index is 14.4. The Labute approximate surface area is 273 Å². The van der Waals surface area contributed by atoms with Crippen LogP contribution in [0.25, 0.3) is 0 Å². The summed E-state index contributed by atoms with van der Waals surface area (Å²) in [4.78, 5) is 29.5. The Morgan fingerprint density at radius 3 is 2.05 bits per heavy atom. The first kappa shape index (κ1) is 33.3. The summed E-state index contributed by atoms with van der Waals surface area (Å²) in [5.41, 5.74) is 1.56. The molecule has 2 amide bonds. The van der Waals surface area contributed by atoms with E-state index in [1.165, 1.54) is 23.1 Å². The summed E-state index contributed by atoms with van der Waals surface area (Å²) in [5.74, 6) is -1.00. The molecule has 4 aromatic carbocycles. The minimum atomic E-state index is -4.23. The fourth-order valence-corrected chi connectivity index (χ4v) is 6.73. The number of hydrogen-bond acceptors (Lipinski definition) is 4. The second kappa shape index (κ2) is 14.9. The van der Waals surface area contributed by atoms with E-state index in [1.54, 1.807) is 54.6 Å². The Bertz CT molecular complexity index is 1700. The number of amides is 2. The molecule has 0 aliphatic heterocycles. The third kappa shape index (κ3) is 8.54. The molecule has 0 saturated heterocycles. The van der Waals surface area contributed by atoms with E-state index in [9.17, 15) is 18.0 Å². The van der Waals surface area contributed by atoms with Crippen molar-refractivity contribution in [1.29, 1.82) is 0 Å². The second-order valence-corrected chi connectivity index (χ2v) is 13.6. The van der Waals surface area contributed by atoms with Crippen LogP contribution < -0.4 is 9.62 Å². The molecule has 4 aromatic rings. The summed E-state index contributed by atoms with van der Waals surface area (Å²) in [7, 11) is -4.23. The van der Waals surface area contributed by atoms with Gasteiger partial charge in [0, 0.05) is 34.1 Å². The van der Waals surface area contributed by atoms with E-state index in [4.69, 9.17) is 34.8 Å². The molecule has 4 rings (SSSR count). The molecule has 230 valence electrons. The predicted molar refractivity (Wildman–Crippen MR) is 177 cm³/mol. The molecule has 1 N–H and O–H groups in total. The van der Waals surface area contributed by atoms with Crippen LogP contribution in [0.2, 0.25) is 15.1 Å². The highest BCUT2D eigenvalue weighted by molar-refractivity contribution is 7.92. The Balaban J connectivity index is 1.82. The first-order valence-electron chi connectivity index (χ1n) is 13.9. The summed E-state index contributed by atoms with van der Waals surface area (Å²) >= 11 is 18.9. The van der Waals surface area contributed by atoms with E-state index < -0.39 is 28.5 Å². The first-order valence-corrected chi connectivity index (χ1v) is 16.4. The van der Waals surface area contributed by atoms with Crippen LogP contribution in [0, 0.1) is 0 Å². The number of carbonyl (C=O) groups excluding carboxylic acids is 2. The minimum absolute atomic E-state index is 0.00143. The number of carbonyl (C=O) groups is 2. The number of sulfonamides is 1. The molecule has 1 atom stereocenters. The molecule has 0 radical (unpaired) electrons. The molecule has 0 saturated carbocycles. The Morgan fingerprint density at radius 2 is 1.43 bits per heavy atom. The maximum absolute atomic E-state index is 14.4. The van der Waals surface area contributed by atoms with Gasteiger partial charge in [-0.2, -0.15) is 0 Å². The van der Waals surface area contributed by atoms with Gasteiger partial charge in [0.15, 0.2) is 0 Å². The van der Waals surface area contributed by atoms with Gasteiger partial charge in [-0.3, -0.25) is 13.9 Å². The van der Waals surface area contributed by atoms with Crippen LogP contribution in [0.4, 0.5) is 5.69 Å². The lowest BCUT2D eigenvalue weighted by molar-refractivity contribution is -0.140. The number of rotatable bonds is 12. The van der Waals surface area contributed by atoms with Gasteiger partial charge in [-0.05, 0) is 67.4 Å². The lowest BCUT2D eigenvalue weighted by Gasteiger charge is -2.34. The fraction of sp³-hybridized carbons (Fsp3) is 0.212. The van der Waals surface area contributed by atoms with Crippen molar-refractivity contribution >= 4 is 62.3 Å². The highest BCUT2D eigenvalue weighted by Gasteiger charge is 2.35. The van der Waals surface area contributed by atoms with Crippen molar-refractivity contribution in [2.75, 3.05) is 10.8 Å². The first-order chi connectivity index (χ1) is 21.0. The lowest BCUT2D eigenvalue weighted by atomic mass is 10.0. The average molecular weight is 673 g/mol. The molecule has 0 fully saturated rings. The highest BCUT2D eigenvalue weighted by Crippen LogP contribution is 2.28. The molecule has 44 heavy (non-hydrogen) atoms. The van der Waals surface area contributed by atoms with Gasteiger partial charge in [0.1, 0.15) is 12.6 Å². The SMILES string of the molecule is CC(C)NC(=O)C(Cc1ccccc1)N(Cc1ccc(Cl)cc1Cl)C(=O)CN(c1cccc(Cl)c1)S(=O)(=O)c1ccccc1. The highest BCUT2D eigenvalue weighted by atomic mass is 35.5. The number of nitrogens with zero attached hydrogens (tertiary/aromatic N) is 2. The lowest BCUT2D eigenvalue weighted by Crippen LogP contribution is -2.54. The van der Waals surface area contributed by atoms with Gasteiger partial charge < -0.3 is 10.2 Å². The van der Waals surface area contributed by atoms with Crippen molar-refractivity contribution in [3.8, 4) is 0 Å². The number of benzene rings is 4. The van der Waals surface area contributed by atoms with Crippen molar-refractivity contribution in [3.05, 3.63) is 129 Å². The summed E-state index contributed by atoms with van der Waals surface area (Å²) in [6, 6.07) is 27.0. The zero-order valence-electron chi connectivity index (χ0n) is 24.2. The van der Waals surface area contributed by atoms with Gasteiger partial charge in [-0.25, -0.2) is 8.42 Å². The van der Waals surface area contributed by atoms with E-state index in [2.05, 4.69) is 5.32 Å². The van der Waals surface area contributed by atoms with Crippen LogP contribution >= 0.6 is 34.8 Å². The van der Waals surface area contributed by atoms with Crippen LogP contribution in [0.1, 0.15) is 25.0 Å². The number of hydrogen-bond donors (Lipinski definition) is 1. The molecule has 0 heterocycles. The maximum Gasteiger partial charge on any atom is 0.264 e. The zero-order chi connectivity index (χ0) is 31.9. The van der Waals surface area contributed by atoms with E-state index in [0.717, 1.165) is 9.87 Å². The van der Waals surface area contributed by atoms with E-state index >= 15 is 0 Å². The molecule has 1 unspecified atom stereocenters. The fourth-order valence-electron chi connectivity index (χ4n) is 4.65. The molecule has 0 spiro atoms. The van der Waals surface area contributed by atoms with Gasteiger partial charge in [0.2, 0.25) is 11.8 Å². The van der Waals surface area contributed by atoms with Crippen molar-refractivity contribution in [3.63, 3.8) is 0 Å². The van der Waals surface area contributed by atoms with E-state index in [0.29, 0.717) is 20.6 Å². The van der Waals surface area contributed by atoms with Crippen LogP contribution in [-0.4, -0.2) is 43.8 Å². The monoisotopic (exact) mass is 671 g/mol. The second-order valence-electron chi connectivity index (χ2n) is 10.4. The molecular weight excluding hydrogens is 641 g/mol. The van der Waals surface area contributed by atoms with Crippen molar-refractivity contribution in [2.45, 2.75) is 43.8 Å². The summed E-state index contributed by atoms with van der Waals surface area (Å²) < 4.78 is 29.0. The molecule has 7 nitrogen and oxygen atoms in total. The Hall–Kier alpha value is -3.56. The van der Waals surface area contributed by atoms with Crippen LogP contribution in [-0.2, 0) is 32.6 Å². The molecule has 0 aliphatic rings. The third-order valence-electron chi connectivity index (χ3n) is 6.76. The number of halogens is 3. The van der Waals surface area contributed by atoms with Gasteiger partial charge in [0.25, 0.3) is 10.0 Å². The topological polar surface area (TPSA) is 86.8 Å². The average Bonchev–Trinajstić information content (AvgIpc) is 2.99. The van der Waals surface area contributed by atoms with Crippen LogP contribution in [0.3, 0.4) is 0 Å². The van der Waals surface area contributed by atoms with Crippen molar-refractivity contribution < 1.29 is 18.0 Å². The standard InChI is InChI=1S/C33H32Cl3N3O4S/c1-23(2)37-33(41)31(18-24-10-5-3-6-11-24)38(21-25-16-17-27(35)20-30(25)36)32(40)22-39(28-13-9-12-26(34)19-28)44(42,43)29-14-7-4-8-15-29/h3-17,19-20,23,31H,18,21-22H2,1-2H3,(H,37,41). The van der Waals surface area contributed by atoms with Gasteiger partial charge in [0.05, 0.1) is 10.6 Å².